The molecule has 2 aliphatic carbocycles. The van der Waals surface area contributed by atoms with Crippen LogP contribution < -0.4 is 0 Å². The molecule has 0 aliphatic heterocycles. The van der Waals surface area contributed by atoms with Gasteiger partial charge in [-0.3, -0.25) is 9.59 Å². The molecule has 0 bridgehead atoms. The molecular formula is C36H26FeO2. The molecule has 4 aromatic carbocycles. The summed E-state index contributed by atoms with van der Waals surface area (Å²) in [5.74, 6) is 2.44. The molecule has 2 nitrogen and oxygen atoms in total. The maximum atomic E-state index is 11.1. The quantitative estimate of drug-likeness (QED) is 0.182. The van der Waals surface area contributed by atoms with E-state index in [-0.39, 0.29) is 17.1 Å². The van der Waals surface area contributed by atoms with Crippen molar-refractivity contribution in [1.82, 2.24) is 0 Å². The van der Waals surface area contributed by atoms with Crippen LogP contribution >= 0.6 is 0 Å². The number of carbonyl (C=O) groups excluding carboxylic acids is 2. The normalized spacial score (nSPS) is 15.2. The first-order valence-electron chi connectivity index (χ1n) is 12.5. The fourth-order valence-electron chi connectivity index (χ4n) is 4.54. The van der Waals surface area contributed by atoms with Gasteiger partial charge < -0.3 is 0 Å². The van der Waals surface area contributed by atoms with Crippen molar-refractivity contribution in [1.29, 1.82) is 0 Å². The molecular weight excluding hydrogens is 520 g/mol. The Labute approximate surface area is 243 Å². The number of rotatable bonds is 6. The van der Waals surface area contributed by atoms with E-state index in [0.717, 1.165) is 46.0 Å². The molecule has 6 rings (SSSR count). The van der Waals surface area contributed by atoms with E-state index >= 15 is 0 Å². The average Bonchev–Trinajstić information content (AvgIpc) is 3.73. The summed E-state index contributed by atoms with van der Waals surface area (Å²) in [4.78, 5) is 22.1. The number of hydrogen-bond acceptors (Lipinski definition) is 2. The number of aldehydes is 2. The second kappa shape index (κ2) is 14.2. The minimum Gasteiger partial charge on any atom is -0.298 e. The average molecular weight is 546 g/mol. The van der Waals surface area contributed by atoms with Crippen molar-refractivity contribution in [3.63, 3.8) is 0 Å². The Morgan fingerprint density at radius 2 is 0.692 bits per heavy atom. The van der Waals surface area contributed by atoms with Crippen molar-refractivity contribution in [2.45, 2.75) is 0 Å². The summed E-state index contributed by atoms with van der Waals surface area (Å²) in [5.41, 5.74) is 7.93. The molecule has 0 aromatic heterocycles. The van der Waals surface area contributed by atoms with Crippen LogP contribution in [-0.2, 0) is 17.1 Å². The van der Waals surface area contributed by atoms with Crippen LogP contribution in [0.25, 0.3) is 22.3 Å². The van der Waals surface area contributed by atoms with Gasteiger partial charge in [-0.05, 0) is 84.7 Å². The largest absolute Gasteiger partial charge is 0.298 e. The molecule has 39 heavy (non-hydrogen) atoms. The summed E-state index contributed by atoms with van der Waals surface area (Å²) in [6.07, 6.45) is 18.3. The Bertz CT molecular complexity index is 1240. The number of hydrogen-bond donors (Lipinski definition) is 0. The van der Waals surface area contributed by atoms with Gasteiger partial charge in [0.15, 0.2) is 12.6 Å². The van der Waals surface area contributed by atoms with E-state index in [9.17, 15) is 9.59 Å². The number of benzene rings is 4. The Kier molecular flexibility index (Phi) is 10.5. The summed E-state index contributed by atoms with van der Waals surface area (Å²) in [7, 11) is 0. The Balaban J connectivity index is 0.000000176. The van der Waals surface area contributed by atoms with Crippen molar-refractivity contribution < 1.29 is 26.7 Å². The Morgan fingerprint density at radius 3 is 1.03 bits per heavy atom. The van der Waals surface area contributed by atoms with Gasteiger partial charge >= 0.3 is 0 Å². The van der Waals surface area contributed by atoms with Crippen molar-refractivity contribution in [3.8, 4) is 22.3 Å². The Hall–Kier alpha value is -3.26. The predicted octanol–water partition coefficient (Wildman–Crippen LogP) is 7.84. The van der Waals surface area contributed by atoms with Crippen LogP contribution in [0.1, 0.15) is 31.8 Å². The Morgan fingerprint density at radius 1 is 0.385 bits per heavy atom. The molecule has 2 aliphatic rings. The zero-order valence-corrected chi connectivity index (χ0v) is 22.3. The van der Waals surface area contributed by atoms with E-state index in [2.05, 4.69) is 74.2 Å². The predicted molar refractivity (Wildman–Crippen MR) is 154 cm³/mol. The molecule has 10 radical (unpaired) electrons. The third kappa shape index (κ3) is 7.04. The van der Waals surface area contributed by atoms with Gasteiger partial charge in [0.2, 0.25) is 0 Å². The van der Waals surface area contributed by atoms with Crippen LogP contribution in [-0.4, -0.2) is 12.6 Å². The van der Waals surface area contributed by atoms with Crippen molar-refractivity contribution in [3.05, 3.63) is 183 Å². The van der Waals surface area contributed by atoms with Crippen molar-refractivity contribution in [2.75, 3.05) is 0 Å². The molecule has 3 heteroatoms. The molecule has 0 amide bonds. The maximum Gasteiger partial charge on any atom is 0.150 e. The van der Waals surface area contributed by atoms with Gasteiger partial charge in [0, 0.05) is 40.0 Å². The number of carbonyl (C=O) groups is 2. The van der Waals surface area contributed by atoms with Crippen LogP contribution in [0.2, 0.25) is 0 Å². The summed E-state index contributed by atoms with van der Waals surface area (Å²) in [5, 5.41) is 0. The van der Waals surface area contributed by atoms with E-state index in [1.165, 1.54) is 23.0 Å². The van der Waals surface area contributed by atoms with E-state index < -0.39 is 0 Å². The van der Waals surface area contributed by atoms with Gasteiger partial charge in [0.1, 0.15) is 0 Å². The third-order valence-corrected chi connectivity index (χ3v) is 6.56. The maximum absolute atomic E-state index is 11.1. The van der Waals surface area contributed by atoms with E-state index in [1.807, 2.05) is 74.2 Å². The van der Waals surface area contributed by atoms with Gasteiger partial charge in [-0.2, -0.15) is 0 Å². The summed E-state index contributed by atoms with van der Waals surface area (Å²) < 4.78 is 0. The summed E-state index contributed by atoms with van der Waals surface area (Å²) in [6.45, 7) is 0. The minimum atomic E-state index is 0. The van der Waals surface area contributed by atoms with Crippen LogP contribution in [0.5, 0.6) is 0 Å². The van der Waals surface area contributed by atoms with Gasteiger partial charge in [-0.25, -0.2) is 0 Å². The molecule has 190 valence electrons. The van der Waals surface area contributed by atoms with E-state index in [0.29, 0.717) is 0 Å². The second-order valence-corrected chi connectivity index (χ2v) is 8.91. The van der Waals surface area contributed by atoms with Gasteiger partial charge in [0.05, 0.1) is 0 Å². The minimum absolute atomic E-state index is 0. The van der Waals surface area contributed by atoms with Crippen LogP contribution in [0.4, 0.5) is 0 Å². The fraction of sp³-hybridized carbons (Fsp3) is 0. The molecule has 2 fully saturated rings. The molecule has 0 N–H and O–H groups in total. The van der Waals surface area contributed by atoms with Crippen LogP contribution in [0.15, 0.2) is 97.1 Å². The molecule has 0 unspecified atom stereocenters. The van der Waals surface area contributed by atoms with Gasteiger partial charge in [-0.1, -0.05) is 97.1 Å². The van der Waals surface area contributed by atoms with E-state index in [4.69, 9.17) is 0 Å². The molecule has 0 saturated heterocycles. The van der Waals surface area contributed by atoms with Crippen molar-refractivity contribution in [2.24, 2.45) is 0 Å². The summed E-state index contributed by atoms with van der Waals surface area (Å²) >= 11 is 0. The third-order valence-electron chi connectivity index (χ3n) is 6.56. The first kappa shape index (κ1) is 28.7. The summed E-state index contributed by atoms with van der Waals surface area (Å²) in [6, 6.07) is 31.9. The smallest absolute Gasteiger partial charge is 0.150 e. The molecule has 0 heterocycles. The first-order chi connectivity index (χ1) is 18.8. The van der Waals surface area contributed by atoms with Crippen LogP contribution in [0.3, 0.4) is 0 Å². The second-order valence-electron chi connectivity index (χ2n) is 8.91. The van der Waals surface area contributed by atoms with Crippen LogP contribution in [0, 0.1) is 63.2 Å². The molecule has 0 spiro atoms. The monoisotopic (exact) mass is 546 g/mol. The first-order valence-corrected chi connectivity index (χ1v) is 12.5. The molecule has 4 aromatic rings. The van der Waals surface area contributed by atoms with Gasteiger partial charge in [0.25, 0.3) is 0 Å². The van der Waals surface area contributed by atoms with Crippen molar-refractivity contribution >= 4 is 12.6 Å². The van der Waals surface area contributed by atoms with Gasteiger partial charge in [-0.15, -0.1) is 0 Å². The standard InChI is InChI=1S/2C18H13O.Fe/c2*19-13-17-7-3-4-8-18(17)16-11-9-15(10-12-16)14-5-1-2-6-14;/h2*1-13H;. The van der Waals surface area contributed by atoms with E-state index in [1.54, 1.807) is 0 Å². The fourth-order valence-corrected chi connectivity index (χ4v) is 4.54. The SMILES string of the molecule is O=Cc1ccccc1-c1ccc([C]2[CH][CH][CH][CH]2)cc1.O=Cc1ccccc1-c1ccc([C]2[CH][CH][CH][CH]2)cc1.[Fe]. The topological polar surface area (TPSA) is 34.1 Å². The molecule has 0 atom stereocenters. The molecule has 2 saturated carbocycles. The zero-order valence-electron chi connectivity index (χ0n) is 21.2. The zero-order chi connectivity index (χ0) is 26.2.